The highest BCUT2D eigenvalue weighted by Crippen LogP contribution is 2.43. The molecule has 1 saturated carbocycles. The second-order valence-electron chi connectivity index (χ2n) is 3.15. The van der Waals surface area contributed by atoms with E-state index >= 15 is 0 Å². The molecule has 0 unspecified atom stereocenters. The summed E-state index contributed by atoms with van der Waals surface area (Å²) in [7, 11) is 5.89. The third-order valence-corrected chi connectivity index (χ3v) is 5.42. The molecule has 8 heavy (non-hydrogen) atoms. The molecule has 0 heterocycles. The second-order valence-corrected chi connectivity index (χ2v) is 5.93. The van der Waals surface area contributed by atoms with E-state index in [1.807, 2.05) is 0 Å². The minimum atomic E-state index is -0.234. The highest BCUT2D eigenvalue weighted by atomic mass is 35.5. The van der Waals surface area contributed by atoms with Crippen molar-refractivity contribution in [3.05, 3.63) is 0 Å². The monoisotopic (exact) mass is 142 g/mol. The van der Waals surface area contributed by atoms with Gasteiger partial charge in [0.15, 0.2) is 0 Å². The van der Waals surface area contributed by atoms with Crippen molar-refractivity contribution in [2.75, 3.05) is 0 Å². The molecule has 0 radical (unpaired) electrons. The summed E-state index contributed by atoms with van der Waals surface area (Å²) >= 11 is -0.234. The first-order valence-electron chi connectivity index (χ1n) is 3.33. The number of hydrogen-bond acceptors (Lipinski definition) is 0. The molecule has 0 spiro atoms. The van der Waals surface area contributed by atoms with E-state index in [0.29, 0.717) is 3.54 Å². The Balaban J connectivity index is 2.40. The van der Waals surface area contributed by atoms with Crippen LogP contribution in [0.15, 0.2) is 0 Å². The Morgan fingerprint density at radius 3 is 2.12 bits per heavy atom. The van der Waals surface area contributed by atoms with Gasteiger partial charge >= 0.3 is 19.3 Å². The van der Waals surface area contributed by atoms with Gasteiger partial charge in [-0.1, -0.05) is 32.6 Å². The van der Waals surface area contributed by atoms with Crippen LogP contribution in [0.25, 0.3) is 0 Å². The summed E-state index contributed by atoms with van der Waals surface area (Å²) in [6.45, 7) is 2.35. The molecule has 0 aromatic heterocycles. The zero-order valence-electron chi connectivity index (χ0n) is 5.41. The summed E-state index contributed by atoms with van der Waals surface area (Å²) < 4.78 is 0.640. The van der Waals surface area contributed by atoms with Gasteiger partial charge in [-0.05, 0) is 0 Å². The van der Waals surface area contributed by atoms with Crippen molar-refractivity contribution in [2.45, 2.75) is 36.2 Å². The normalized spacial score (nSPS) is 25.2. The third kappa shape index (κ3) is 1.52. The lowest BCUT2D eigenvalue weighted by Gasteiger charge is -2.17. The Bertz CT molecular complexity index is 76.6. The molecule has 0 aliphatic heterocycles. The molecule has 0 amide bonds. The molecule has 0 aromatic carbocycles. The fourth-order valence-electron chi connectivity index (χ4n) is 1.36. The Labute approximate surface area is 64.5 Å². The molecular formula is C6H11ClMg. The van der Waals surface area contributed by atoms with Gasteiger partial charge in [0.1, 0.15) is 0 Å². The quantitative estimate of drug-likeness (QED) is 0.494. The summed E-state index contributed by atoms with van der Waals surface area (Å²) in [4.78, 5) is 0. The van der Waals surface area contributed by atoms with Gasteiger partial charge in [-0.3, -0.25) is 0 Å². The van der Waals surface area contributed by atoms with E-state index in [1.54, 1.807) is 0 Å². The minimum Gasteiger partial charge on any atom is -0.345 e. The first-order chi connectivity index (χ1) is 3.77. The van der Waals surface area contributed by atoms with E-state index in [2.05, 4.69) is 6.92 Å². The van der Waals surface area contributed by atoms with Crippen molar-refractivity contribution in [3.63, 3.8) is 0 Å². The molecule has 2 heteroatoms. The molecular weight excluding hydrogens is 132 g/mol. The van der Waals surface area contributed by atoms with E-state index < -0.39 is 0 Å². The largest absolute Gasteiger partial charge is 0.507 e. The van der Waals surface area contributed by atoms with E-state index in [9.17, 15) is 0 Å². The lowest BCUT2D eigenvalue weighted by atomic mass is 10.1. The molecule has 0 aromatic rings. The van der Waals surface area contributed by atoms with E-state index in [1.165, 1.54) is 25.7 Å². The van der Waals surface area contributed by atoms with Crippen LogP contribution >= 0.6 is 9.07 Å². The van der Waals surface area contributed by atoms with Gasteiger partial charge in [-0.2, -0.15) is 0 Å². The van der Waals surface area contributed by atoms with Gasteiger partial charge in [0.05, 0.1) is 0 Å². The summed E-state index contributed by atoms with van der Waals surface area (Å²) in [6, 6.07) is 0. The number of halogens is 1. The van der Waals surface area contributed by atoms with Gasteiger partial charge in [-0.15, -0.1) is 3.54 Å². The standard InChI is InChI=1S/C6H11.ClH.Mg/c1-6-4-2-3-5-6;;/h2-5H2,1H3;1H;/q;;+1/p-1. The van der Waals surface area contributed by atoms with Crippen molar-refractivity contribution in [3.8, 4) is 0 Å². The lowest BCUT2D eigenvalue weighted by Crippen LogP contribution is -2.06. The summed E-state index contributed by atoms with van der Waals surface area (Å²) in [5.74, 6) is 0. The van der Waals surface area contributed by atoms with Crippen molar-refractivity contribution in [1.82, 2.24) is 0 Å². The first kappa shape index (κ1) is 7.17. The highest BCUT2D eigenvalue weighted by molar-refractivity contribution is 6.95. The Hall–Kier alpha value is 1.06. The van der Waals surface area contributed by atoms with Crippen LogP contribution in [0.4, 0.5) is 0 Å². The molecule has 0 nitrogen and oxygen atoms in total. The maximum Gasteiger partial charge on any atom is 0.507 e. The fourth-order valence-corrected chi connectivity index (χ4v) is 2.93. The van der Waals surface area contributed by atoms with Crippen molar-refractivity contribution >= 4 is 28.3 Å². The smallest absolute Gasteiger partial charge is 0.345 e. The average Bonchev–Trinajstić information content (AvgIpc) is 2.17. The third-order valence-electron chi connectivity index (χ3n) is 2.13. The zero-order valence-corrected chi connectivity index (χ0v) is 7.58. The lowest BCUT2D eigenvalue weighted by molar-refractivity contribution is 0.638. The van der Waals surface area contributed by atoms with Gasteiger partial charge in [0.25, 0.3) is 0 Å². The molecule has 1 aliphatic carbocycles. The predicted octanol–water partition coefficient (Wildman–Crippen LogP) is 2.60. The Morgan fingerprint density at radius 1 is 1.38 bits per heavy atom. The van der Waals surface area contributed by atoms with Crippen LogP contribution < -0.4 is 0 Å². The van der Waals surface area contributed by atoms with Crippen LogP contribution in [0, 0.1) is 0 Å². The molecule has 0 bridgehead atoms. The van der Waals surface area contributed by atoms with E-state index in [0.717, 1.165) is 0 Å². The molecule has 1 fully saturated rings. The maximum atomic E-state index is 5.89. The van der Waals surface area contributed by atoms with Crippen molar-refractivity contribution in [1.29, 1.82) is 0 Å². The first-order valence-corrected chi connectivity index (χ1v) is 6.17. The van der Waals surface area contributed by atoms with Crippen molar-refractivity contribution < 1.29 is 0 Å². The second kappa shape index (κ2) is 2.76. The zero-order chi connectivity index (χ0) is 6.04. The van der Waals surface area contributed by atoms with Crippen LogP contribution in [0.1, 0.15) is 32.6 Å². The molecule has 0 saturated heterocycles. The van der Waals surface area contributed by atoms with Gasteiger partial charge in [0.2, 0.25) is 0 Å². The van der Waals surface area contributed by atoms with Gasteiger partial charge in [0, 0.05) is 0 Å². The van der Waals surface area contributed by atoms with E-state index in [-0.39, 0.29) is 19.3 Å². The van der Waals surface area contributed by atoms with Crippen molar-refractivity contribution in [2.24, 2.45) is 0 Å². The molecule has 0 atom stereocenters. The predicted molar refractivity (Wildman–Crippen MR) is 38.4 cm³/mol. The number of rotatable bonds is 1. The fraction of sp³-hybridized carbons (Fsp3) is 1.00. The van der Waals surface area contributed by atoms with Crippen LogP contribution in [-0.4, -0.2) is 19.3 Å². The Morgan fingerprint density at radius 2 is 1.88 bits per heavy atom. The molecule has 1 rings (SSSR count). The Kier molecular flexibility index (Phi) is 2.47. The van der Waals surface area contributed by atoms with Crippen LogP contribution in [0.2, 0.25) is 3.54 Å². The topological polar surface area (TPSA) is 0 Å². The van der Waals surface area contributed by atoms with Crippen LogP contribution in [-0.2, 0) is 0 Å². The van der Waals surface area contributed by atoms with Crippen LogP contribution in [0.3, 0.4) is 0 Å². The molecule has 1 aliphatic rings. The average molecular weight is 143 g/mol. The van der Waals surface area contributed by atoms with E-state index in [4.69, 9.17) is 9.07 Å². The van der Waals surface area contributed by atoms with Gasteiger partial charge in [-0.25, -0.2) is 0 Å². The highest BCUT2D eigenvalue weighted by Gasteiger charge is 2.29. The summed E-state index contributed by atoms with van der Waals surface area (Å²) in [6.07, 6.45) is 5.66. The molecule has 44 valence electrons. The summed E-state index contributed by atoms with van der Waals surface area (Å²) in [5, 5.41) is 0. The minimum absolute atomic E-state index is 0.234. The SMILES string of the molecule is C[C]1([Mg][Cl])CCCC1. The van der Waals surface area contributed by atoms with Crippen LogP contribution in [0.5, 0.6) is 0 Å². The summed E-state index contributed by atoms with van der Waals surface area (Å²) in [5.41, 5.74) is 0. The maximum absolute atomic E-state index is 5.89. The molecule has 0 N–H and O–H groups in total. The van der Waals surface area contributed by atoms with Gasteiger partial charge < -0.3 is 9.07 Å². The number of hydrogen-bond donors (Lipinski definition) is 0.